The average Bonchev–Trinajstić information content (AvgIpc) is 2.87. The molecule has 0 fully saturated rings. The van der Waals surface area contributed by atoms with E-state index >= 15 is 0 Å². The van der Waals surface area contributed by atoms with E-state index < -0.39 is 0 Å². The highest BCUT2D eigenvalue weighted by Gasteiger charge is 2.13. The van der Waals surface area contributed by atoms with Crippen molar-refractivity contribution in [1.29, 1.82) is 0 Å². The summed E-state index contributed by atoms with van der Waals surface area (Å²) in [4.78, 5) is 11.9. The van der Waals surface area contributed by atoms with Gasteiger partial charge in [0.1, 0.15) is 11.4 Å². The van der Waals surface area contributed by atoms with Crippen molar-refractivity contribution in [2.75, 3.05) is 7.11 Å². The number of methoxy groups -OCH3 is 1. The Bertz CT molecular complexity index is 617. The third-order valence-electron chi connectivity index (χ3n) is 2.82. The standard InChI is InChI=1S/C15H19N3O2/c1-10(2)16-15(19)12-7-8-18(17-12)13-9-11(3)5-6-14(13)20-4/h5-10H,1-4H3,(H,16,19). The van der Waals surface area contributed by atoms with E-state index in [1.54, 1.807) is 24.1 Å². The Kier molecular flexibility index (Phi) is 4.08. The molecule has 20 heavy (non-hydrogen) atoms. The van der Waals surface area contributed by atoms with Gasteiger partial charge in [0.2, 0.25) is 0 Å². The Morgan fingerprint density at radius 3 is 2.75 bits per heavy atom. The zero-order chi connectivity index (χ0) is 14.7. The van der Waals surface area contributed by atoms with Crippen molar-refractivity contribution in [2.24, 2.45) is 0 Å². The molecule has 106 valence electrons. The van der Waals surface area contributed by atoms with E-state index in [0.29, 0.717) is 5.69 Å². The second kappa shape index (κ2) is 5.77. The minimum Gasteiger partial charge on any atom is -0.494 e. The van der Waals surface area contributed by atoms with Crippen LogP contribution in [0.15, 0.2) is 30.5 Å². The van der Waals surface area contributed by atoms with Crippen LogP contribution < -0.4 is 10.1 Å². The first-order chi connectivity index (χ1) is 9.51. The lowest BCUT2D eigenvalue weighted by atomic mass is 10.2. The molecule has 1 heterocycles. The lowest BCUT2D eigenvalue weighted by molar-refractivity contribution is 0.0937. The van der Waals surface area contributed by atoms with Gasteiger partial charge < -0.3 is 10.1 Å². The summed E-state index contributed by atoms with van der Waals surface area (Å²) in [7, 11) is 1.62. The zero-order valence-electron chi connectivity index (χ0n) is 12.2. The van der Waals surface area contributed by atoms with E-state index in [1.807, 2.05) is 39.0 Å². The second-order valence-electron chi connectivity index (χ2n) is 4.95. The Hall–Kier alpha value is -2.30. The molecule has 0 spiro atoms. The number of aromatic nitrogens is 2. The van der Waals surface area contributed by atoms with Crippen molar-refractivity contribution >= 4 is 5.91 Å². The van der Waals surface area contributed by atoms with Gasteiger partial charge in [-0.15, -0.1) is 0 Å². The number of amides is 1. The number of nitrogens with one attached hydrogen (secondary N) is 1. The van der Waals surface area contributed by atoms with Crippen molar-refractivity contribution in [3.8, 4) is 11.4 Å². The molecule has 5 nitrogen and oxygen atoms in total. The Balaban J connectivity index is 2.33. The third-order valence-corrected chi connectivity index (χ3v) is 2.82. The fourth-order valence-electron chi connectivity index (χ4n) is 1.89. The molecule has 0 radical (unpaired) electrons. The molecule has 0 atom stereocenters. The average molecular weight is 273 g/mol. The van der Waals surface area contributed by atoms with E-state index in [4.69, 9.17) is 4.74 Å². The first kappa shape index (κ1) is 14.1. The van der Waals surface area contributed by atoms with Crippen molar-refractivity contribution in [2.45, 2.75) is 26.8 Å². The summed E-state index contributed by atoms with van der Waals surface area (Å²) in [6.07, 6.45) is 1.76. The van der Waals surface area contributed by atoms with Crippen molar-refractivity contribution in [3.05, 3.63) is 41.7 Å². The first-order valence-corrected chi connectivity index (χ1v) is 6.53. The molecule has 0 aliphatic rings. The van der Waals surface area contributed by atoms with Gasteiger partial charge in [0, 0.05) is 12.2 Å². The number of carbonyl (C=O) groups is 1. The van der Waals surface area contributed by atoms with Crippen LogP contribution in [0.2, 0.25) is 0 Å². The predicted molar refractivity (Wildman–Crippen MR) is 77.5 cm³/mol. The Morgan fingerprint density at radius 1 is 1.35 bits per heavy atom. The molecule has 1 aromatic carbocycles. The number of benzene rings is 1. The minimum atomic E-state index is -0.176. The quantitative estimate of drug-likeness (QED) is 0.930. The van der Waals surface area contributed by atoms with Gasteiger partial charge in [-0.05, 0) is 44.5 Å². The number of rotatable bonds is 4. The van der Waals surface area contributed by atoms with E-state index in [-0.39, 0.29) is 11.9 Å². The van der Waals surface area contributed by atoms with Crippen molar-refractivity contribution in [1.82, 2.24) is 15.1 Å². The summed E-state index contributed by atoms with van der Waals surface area (Å²) >= 11 is 0. The molecule has 1 N–H and O–H groups in total. The zero-order valence-corrected chi connectivity index (χ0v) is 12.2. The Morgan fingerprint density at radius 2 is 2.10 bits per heavy atom. The Labute approximate surface area is 118 Å². The summed E-state index contributed by atoms with van der Waals surface area (Å²) in [5.41, 5.74) is 2.31. The van der Waals surface area contributed by atoms with Crippen LogP contribution in [0.1, 0.15) is 29.9 Å². The van der Waals surface area contributed by atoms with Gasteiger partial charge in [-0.3, -0.25) is 4.79 Å². The highest BCUT2D eigenvalue weighted by Crippen LogP contribution is 2.23. The SMILES string of the molecule is COc1ccc(C)cc1-n1ccc(C(=O)NC(C)C)n1. The maximum atomic E-state index is 11.9. The van der Waals surface area contributed by atoms with Gasteiger partial charge in [0.15, 0.2) is 5.69 Å². The molecule has 1 amide bonds. The molecule has 2 aromatic rings. The number of hydrogen-bond acceptors (Lipinski definition) is 3. The summed E-state index contributed by atoms with van der Waals surface area (Å²) in [5.74, 6) is 0.542. The first-order valence-electron chi connectivity index (χ1n) is 6.53. The molecule has 0 bridgehead atoms. The molecule has 0 saturated carbocycles. The highest BCUT2D eigenvalue weighted by atomic mass is 16.5. The normalized spacial score (nSPS) is 10.7. The topological polar surface area (TPSA) is 56.1 Å². The van der Waals surface area contributed by atoms with Gasteiger partial charge >= 0.3 is 0 Å². The molecule has 5 heteroatoms. The molecular formula is C15H19N3O2. The fourth-order valence-corrected chi connectivity index (χ4v) is 1.89. The molecule has 0 aliphatic carbocycles. The number of aryl methyl sites for hydroxylation is 1. The lowest BCUT2D eigenvalue weighted by Gasteiger charge is -2.09. The van der Waals surface area contributed by atoms with Crippen LogP contribution in [0, 0.1) is 6.92 Å². The summed E-state index contributed by atoms with van der Waals surface area (Å²) < 4.78 is 6.98. The number of carbonyl (C=O) groups excluding carboxylic acids is 1. The van der Waals surface area contributed by atoms with Crippen LogP contribution >= 0.6 is 0 Å². The van der Waals surface area contributed by atoms with E-state index in [0.717, 1.165) is 17.0 Å². The minimum absolute atomic E-state index is 0.0844. The van der Waals surface area contributed by atoms with Crippen LogP contribution in [-0.4, -0.2) is 28.8 Å². The molecule has 0 aliphatic heterocycles. The van der Waals surface area contributed by atoms with Crippen LogP contribution in [0.4, 0.5) is 0 Å². The van der Waals surface area contributed by atoms with Gasteiger partial charge in [-0.2, -0.15) is 5.10 Å². The van der Waals surface area contributed by atoms with E-state index in [1.165, 1.54) is 0 Å². The predicted octanol–water partition coefficient (Wildman–Crippen LogP) is 2.33. The second-order valence-corrected chi connectivity index (χ2v) is 4.95. The molecule has 0 saturated heterocycles. The fraction of sp³-hybridized carbons (Fsp3) is 0.333. The van der Waals surface area contributed by atoms with Gasteiger partial charge in [-0.25, -0.2) is 4.68 Å². The third kappa shape index (κ3) is 2.99. The number of nitrogens with zero attached hydrogens (tertiary/aromatic N) is 2. The van der Waals surface area contributed by atoms with Crippen LogP contribution in [0.25, 0.3) is 5.69 Å². The largest absolute Gasteiger partial charge is 0.494 e. The van der Waals surface area contributed by atoms with Crippen molar-refractivity contribution in [3.63, 3.8) is 0 Å². The van der Waals surface area contributed by atoms with Crippen molar-refractivity contribution < 1.29 is 9.53 Å². The summed E-state index contributed by atoms with van der Waals surface area (Å²) in [6.45, 7) is 5.83. The monoisotopic (exact) mass is 273 g/mol. The van der Waals surface area contributed by atoms with Crippen LogP contribution in [-0.2, 0) is 0 Å². The molecular weight excluding hydrogens is 254 g/mol. The van der Waals surface area contributed by atoms with Crippen LogP contribution in [0.5, 0.6) is 5.75 Å². The maximum Gasteiger partial charge on any atom is 0.271 e. The highest BCUT2D eigenvalue weighted by molar-refractivity contribution is 5.92. The van der Waals surface area contributed by atoms with E-state index in [2.05, 4.69) is 10.4 Å². The molecule has 1 aromatic heterocycles. The summed E-state index contributed by atoms with van der Waals surface area (Å²) in [5, 5.41) is 7.13. The number of ether oxygens (including phenoxy) is 1. The summed E-state index contributed by atoms with van der Waals surface area (Å²) in [6, 6.07) is 7.61. The van der Waals surface area contributed by atoms with Gasteiger partial charge in [-0.1, -0.05) is 6.07 Å². The van der Waals surface area contributed by atoms with E-state index in [9.17, 15) is 4.79 Å². The lowest BCUT2D eigenvalue weighted by Crippen LogP contribution is -2.30. The number of hydrogen-bond donors (Lipinski definition) is 1. The maximum absolute atomic E-state index is 11.9. The van der Waals surface area contributed by atoms with Gasteiger partial charge in [0.05, 0.1) is 7.11 Å². The molecule has 2 rings (SSSR count). The van der Waals surface area contributed by atoms with Crippen LogP contribution in [0.3, 0.4) is 0 Å². The smallest absolute Gasteiger partial charge is 0.271 e. The molecule has 0 unspecified atom stereocenters. The van der Waals surface area contributed by atoms with Gasteiger partial charge in [0.25, 0.3) is 5.91 Å².